The van der Waals surface area contributed by atoms with Gasteiger partial charge < -0.3 is 16.8 Å². The van der Waals surface area contributed by atoms with Crippen molar-refractivity contribution >= 4 is 11.8 Å². The van der Waals surface area contributed by atoms with Gasteiger partial charge in [-0.3, -0.25) is 14.5 Å². The summed E-state index contributed by atoms with van der Waals surface area (Å²) in [5, 5.41) is 3.09. The molecule has 1 aromatic rings. The van der Waals surface area contributed by atoms with E-state index in [1.54, 1.807) is 0 Å². The Kier molecular flexibility index (Phi) is 6.85. The predicted octanol–water partition coefficient (Wildman–Crippen LogP) is 1.38. The lowest BCUT2D eigenvalue weighted by Crippen LogP contribution is -2.40. The van der Waals surface area contributed by atoms with E-state index in [-0.39, 0.29) is 23.7 Å². The van der Waals surface area contributed by atoms with Crippen LogP contribution in [0.3, 0.4) is 0 Å². The number of nitrogens with two attached hydrogens (primary N) is 2. The van der Waals surface area contributed by atoms with Crippen LogP contribution >= 0.6 is 0 Å². The zero-order valence-electron chi connectivity index (χ0n) is 16.0. The van der Waals surface area contributed by atoms with Crippen LogP contribution in [0.4, 0.5) is 0 Å². The molecule has 5 N–H and O–H groups in total. The SMILES string of the molecule is NC[C@H]1CCC[C@H]1C(=O)NCc1cccc(CN2CCCC(C(N)=O)C2)c1. The minimum Gasteiger partial charge on any atom is -0.369 e. The Labute approximate surface area is 161 Å². The van der Waals surface area contributed by atoms with Gasteiger partial charge in [-0.2, -0.15) is 0 Å². The summed E-state index contributed by atoms with van der Waals surface area (Å²) >= 11 is 0. The molecule has 148 valence electrons. The molecule has 0 spiro atoms. The average molecular weight is 373 g/mol. The predicted molar refractivity (Wildman–Crippen MR) is 105 cm³/mol. The van der Waals surface area contributed by atoms with Gasteiger partial charge in [0, 0.05) is 25.6 Å². The van der Waals surface area contributed by atoms with Gasteiger partial charge in [-0.15, -0.1) is 0 Å². The van der Waals surface area contributed by atoms with E-state index in [1.165, 1.54) is 5.56 Å². The van der Waals surface area contributed by atoms with Crippen molar-refractivity contribution in [2.45, 2.75) is 45.2 Å². The summed E-state index contributed by atoms with van der Waals surface area (Å²) in [5.41, 5.74) is 13.6. The second-order valence-electron chi connectivity index (χ2n) is 8.05. The van der Waals surface area contributed by atoms with Gasteiger partial charge in [0.15, 0.2) is 0 Å². The first-order chi connectivity index (χ1) is 13.1. The Morgan fingerprint density at radius 1 is 1.15 bits per heavy atom. The molecule has 1 aliphatic carbocycles. The van der Waals surface area contributed by atoms with E-state index >= 15 is 0 Å². The van der Waals surface area contributed by atoms with Crippen molar-refractivity contribution in [1.29, 1.82) is 0 Å². The van der Waals surface area contributed by atoms with E-state index in [0.717, 1.165) is 57.3 Å². The summed E-state index contributed by atoms with van der Waals surface area (Å²) < 4.78 is 0. The molecule has 1 heterocycles. The summed E-state index contributed by atoms with van der Waals surface area (Å²) in [4.78, 5) is 26.2. The molecule has 1 unspecified atom stereocenters. The highest BCUT2D eigenvalue weighted by Crippen LogP contribution is 2.31. The first kappa shape index (κ1) is 19.8. The molecule has 3 atom stereocenters. The van der Waals surface area contributed by atoms with Crippen molar-refractivity contribution < 1.29 is 9.59 Å². The van der Waals surface area contributed by atoms with Gasteiger partial charge in [0.1, 0.15) is 0 Å². The standard InChI is InChI=1S/C21H32N4O2/c22-11-17-6-2-8-19(17)21(27)24-12-15-4-1-5-16(10-15)13-25-9-3-7-18(14-25)20(23)26/h1,4-5,10,17-19H,2-3,6-9,11-14,22H2,(H2,23,26)(H,24,27)/t17-,18?,19-/m1/s1. The number of carbonyl (C=O) groups is 2. The third kappa shape index (κ3) is 5.30. The smallest absolute Gasteiger partial charge is 0.223 e. The van der Waals surface area contributed by atoms with E-state index in [2.05, 4.69) is 22.3 Å². The van der Waals surface area contributed by atoms with E-state index in [9.17, 15) is 9.59 Å². The number of nitrogens with zero attached hydrogens (tertiary/aromatic N) is 1. The molecule has 0 bridgehead atoms. The van der Waals surface area contributed by atoms with Crippen molar-refractivity contribution in [3.05, 3.63) is 35.4 Å². The quantitative estimate of drug-likeness (QED) is 0.673. The van der Waals surface area contributed by atoms with Gasteiger partial charge in [-0.25, -0.2) is 0 Å². The molecule has 0 aromatic heterocycles. The number of hydrogen-bond acceptors (Lipinski definition) is 4. The zero-order chi connectivity index (χ0) is 19.2. The lowest BCUT2D eigenvalue weighted by Gasteiger charge is -2.31. The van der Waals surface area contributed by atoms with Gasteiger partial charge in [0.05, 0.1) is 5.92 Å². The first-order valence-electron chi connectivity index (χ1n) is 10.1. The molecule has 1 saturated carbocycles. The van der Waals surface area contributed by atoms with E-state index in [1.807, 2.05) is 12.1 Å². The fourth-order valence-electron chi connectivity index (χ4n) is 4.51. The molecule has 27 heavy (non-hydrogen) atoms. The van der Waals surface area contributed by atoms with Crippen LogP contribution in [-0.2, 0) is 22.7 Å². The summed E-state index contributed by atoms with van der Waals surface area (Å²) in [6.45, 7) is 3.68. The van der Waals surface area contributed by atoms with Crippen LogP contribution in [0.25, 0.3) is 0 Å². The van der Waals surface area contributed by atoms with Crippen LogP contribution in [0.2, 0.25) is 0 Å². The summed E-state index contributed by atoms with van der Waals surface area (Å²) in [7, 11) is 0. The van der Waals surface area contributed by atoms with Gasteiger partial charge in [-0.05, 0) is 55.8 Å². The Bertz CT molecular complexity index is 663. The Hall–Kier alpha value is -1.92. The van der Waals surface area contributed by atoms with Gasteiger partial charge in [0.2, 0.25) is 11.8 Å². The van der Waals surface area contributed by atoms with Crippen molar-refractivity contribution in [2.24, 2.45) is 29.2 Å². The number of piperidine rings is 1. The molecule has 1 aliphatic heterocycles. The number of primary amides is 1. The van der Waals surface area contributed by atoms with Crippen LogP contribution in [0.5, 0.6) is 0 Å². The normalized spacial score (nSPS) is 26.0. The van der Waals surface area contributed by atoms with Crippen LogP contribution in [0.1, 0.15) is 43.2 Å². The minimum absolute atomic E-state index is 0.0388. The maximum atomic E-state index is 12.5. The van der Waals surface area contributed by atoms with E-state index in [0.29, 0.717) is 19.0 Å². The second kappa shape index (κ2) is 9.33. The molecule has 2 amide bonds. The highest BCUT2D eigenvalue weighted by atomic mass is 16.2. The van der Waals surface area contributed by atoms with Crippen LogP contribution in [-0.4, -0.2) is 36.3 Å². The molecule has 3 rings (SSSR count). The molecular formula is C21H32N4O2. The topological polar surface area (TPSA) is 101 Å². The van der Waals surface area contributed by atoms with Crippen LogP contribution < -0.4 is 16.8 Å². The summed E-state index contributed by atoms with van der Waals surface area (Å²) in [6.07, 6.45) is 5.00. The maximum absolute atomic E-state index is 12.5. The van der Waals surface area contributed by atoms with Gasteiger partial charge >= 0.3 is 0 Å². The van der Waals surface area contributed by atoms with Crippen molar-refractivity contribution in [2.75, 3.05) is 19.6 Å². The Morgan fingerprint density at radius 3 is 2.74 bits per heavy atom. The number of likely N-dealkylation sites (tertiary alicyclic amines) is 1. The average Bonchev–Trinajstić information content (AvgIpc) is 3.15. The number of rotatable bonds is 7. The highest BCUT2D eigenvalue weighted by molar-refractivity contribution is 5.79. The Morgan fingerprint density at radius 2 is 1.96 bits per heavy atom. The fraction of sp³-hybridized carbons (Fsp3) is 0.619. The number of benzene rings is 1. The second-order valence-corrected chi connectivity index (χ2v) is 8.05. The molecule has 0 radical (unpaired) electrons. The fourth-order valence-corrected chi connectivity index (χ4v) is 4.51. The van der Waals surface area contributed by atoms with Crippen molar-refractivity contribution in [3.63, 3.8) is 0 Å². The maximum Gasteiger partial charge on any atom is 0.223 e. The van der Waals surface area contributed by atoms with Crippen molar-refractivity contribution in [3.8, 4) is 0 Å². The van der Waals surface area contributed by atoms with Crippen LogP contribution in [0.15, 0.2) is 24.3 Å². The molecular weight excluding hydrogens is 340 g/mol. The van der Waals surface area contributed by atoms with Gasteiger partial charge in [-0.1, -0.05) is 30.7 Å². The lowest BCUT2D eigenvalue weighted by atomic mass is 9.95. The first-order valence-corrected chi connectivity index (χ1v) is 10.1. The van der Waals surface area contributed by atoms with Gasteiger partial charge in [0.25, 0.3) is 0 Å². The van der Waals surface area contributed by atoms with Crippen molar-refractivity contribution in [1.82, 2.24) is 10.2 Å². The number of nitrogens with one attached hydrogen (secondary N) is 1. The number of amides is 2. The highest BCUT2D eigenvalue weighted by Gasteiger charge is 2.31. The molecule has 6 heteroatoms. The molecule has 1 saturated heterocycles. The monoisotopic (exact) mass is 372 g/mol. The molecule has 6 nitrogen and oxygen atoms in total. The number of hydrogen-bond donors (Lipinski definition) is 3. The van der Waals surface area contributed by atoms with Crippen LogP contribution in [0, 0.1) is 17.8 Å². The minimum atomic E-state index is -0.196. The summed E-state index contributed by atoms with van der Waals surface area (Å²) in [6, 6.07) is 8.32. The molecule has 2 aliphatic rings. The molecule has 2 fully saturated rings. The lowest BCUT2D eigenvalue weighted by molar-refractivity contribution is -0.126. The zero-order valence-corrected chi connectivity index (χ0v) is 16.0. The number of carbonyl (C=O) groups excluding carboxylic acids is 2. The third-order valence-electron chi connectivity index (χ3n) is 6.07. The largest absolute Gasteiger partial charge is 0.369 e. The summed E-state index contributed by atoms with van der Waals surface area (Å²) in [5.74, 6) is 0.293. The van der Waals surface area contributed by atoms with E-state index in [4.69, 9.17) is 11.5 Å². The Balaban J connectivity index is 1.53. The third-order valence-corrected chi connectivity index (χ3v) is 6.07. The molecule has 1 aromatic carbocycles. The van der Waals surface area contributed by atoms with E-state index < -0.39 is 0 Å².